The summed E-state index contributed by atoms with van der Waals surface area (Å²) in [5.41, 5.74) is -4.03. The number of anilines is 1. The second-order valence-electron chi connectivity index (χ2n) is 12.2. The molecule has 3 heterocycles. The second kappa shape index (κ2) is 14.1. The number of benzene rings is 1. The first-order valence-corrected chi connectivity index (χ1v) is 15.9. The van der Waals surface area contributed by atoms with Crippen molar-refractivity contribution in [3.05, 3.63) is 64.4 Å². The van der Waals surface area contributed by atoms with Crippen molar-refractivity contribution < 1.29 is 37.1 Å². The number of likely N-dealkylation sites (N-methyl/N-ethyl adjacent to an activating group) is 1. The van der Waals surface area contributed by atoms with Gasteiger partial charge in [-0.3, -0.25) is 9.59 Å². The molecule has 11 nitrogen and oxygen atoms in total. The van der Waals surface area contributed by atoms with Crippen molar-refractivity contribution >= 4 is 29.2 Å². The molecule has 3 aromatic rings. The van der Waals surface area contributed by atoms with Gasteiger partial charge in [0.1, 0.15) is 16.7 Å². The number of nitrogens with zero attached hydrogens (tertiary/aromatic N) is 6. The van der Waals surface area contributed by atoms with Gasteiger partial charge in [-0.1, -0.05) is 28.9 Å². The molecule has 1 aliphatic heterocycles. The van der Waals surface area contributed by atoms with Crippen LogP contribution in [-0.4, -0.2) is 88.9 Å². The molecule has 0 bridgehead atoms. The summed E-state index contributed by atoms with van der Waals surface area (Å²) in [7, 11) is 4.19. The number of rotatable bonds is 12. The zero-order valence-electron chi connectivity index (χ0n) is 26.5. The van der Waals surface area contributed by atoms with Crippen LogP contribution in [0.3, 0.4) is 0 Å². The fourth-order valence-electron chi connectivity index (χ4n) is 5.78. The minimum absolute atomic E-state index is 0.0525. The first kappa shape index (κ1) is 34.4. The van der Waals surface area contributed by atoms with Crippen molar-refractivity contribution in [1.29, 1.82) is 0 Å². The minimum atomic E-state index is -5.23. The van der Waals surface area contributed by atoms with Gasteiger partial charge >= 0.3 is 6.18 Å². The van der Waals surface area contributed by atoms with E-state index >= 15 is 0 Å². The Morgan fingerprint density at radius 2 is 1.81 bits per heavy atom. The number of carbonyl (C=O) groups is 2. The summed E-state index contributed by atoms with van der Waals surface area (Å²) in [6, 6.07) is 8.22. The summed E-state index contributed by atoms with van der Waals surface area (Å²) >= 11 is 6.45. The lowest BCUT2D eigenvalue weighted by atomic mass is 9.90. The number of amides is 2. The van der Waals surface area contributed by atoms with Crippen LogP contribution >= 0.6 is 11.6 Å². The molecule has 2 amide bonds. The highest BCUT2D eigenvalue weighted by molar-refractivity contribution is 6.32. The number of aromatic nitrogens is 3. The zero-order chi connectivity index (χ0) is 33.9. The third-order valence-electron chi connectivity index (χ3n) is 8.80. The van der Waals surface area contributed by atoms with Crippen molar-refractivity contribution in [2.24, 2.45) is 5.92 Å². The molecule has 1 saturated carbocycles. The van der Waals surface area contributed by atoms with Gasteiger partial charge in [-0.05, 0) is 68.7 Å². The predicted octanol–water partition coefficient (Wildman–Crippen LogP) is 5.18. The summed E-state index contributed by atoms with van der Waals surface area (Å²) in [4.78, 5) is 39.3. The fraction of sp³-hybridized carbons (Fsp3) is 0.531. The molecular weight excluding hydrogens is 641 g/mol. The smallest absolute Gasteiger partial charge is 0.430 e. The Balaban J connectivity index is 1.10. The molecule has 47 heavy (non-hydrogen) atoms. The van der Waals surface area contributed by atoms with Gasteiger partial charge in [0.25, 0.3) is 17.4 Å². The normalized spacial score (nSPS) is 16.9. The second-order valence-corrected chi connectivity index (χ2v) is 12.6. The Bertz CT molecular complexity index is 1580. The number of hydrogen-bond donors (Lipinski definition) is 1. The van der Waals surface area contributed by atoms with Gasteiger partial charge in [0.05, 0.1) is 19.2 Å². The van der Waals surface area contributed by atoms with Crippen molar-refractivity contribution in [2.45, 2.75) is 62.8 Å². The van der Waals surface area contributed by atoms with Crippen LogP contribution in [0.15, 0.2) is 40.9 Å². The van der Waals surface area contributed by atoms with E-state index in [-0.39, 0.29) is 35.5 Å². The van der Waals surface area contributed by atoms with Gasteiger partial charge in [0, 0.05) is 45.2 Å². The molecule has 2 fully saturated rings. The van der Waals surface area contributed by atoms with Crippen LogP contribution in [0.5, 0.6) is 5.75 Å². The highest BCUT2D eigenvalue weighted by Crippen LogP contribution is 2.42. The van der Waals surface area contributed by atoms with Crippen LogP contribution in [0.25, 0.3) is 0 Å². The molecule has 1 N–H and O–H groups in total. The van der Waals surface area contributed by atoms with Crippen molar-refractivity contribution in [1.82, 2.24) is 24.9 Å². The summed E-state index contributed by atoms with van der Waals surface area (Å²) in [5.74, 6) is 0.648. The third-order valence-corrected chi connectivity index (χ3v) is 9.09. The highest BCUT2D eigenvalue weighted by atomic mass is 35.5. The summed E-state index contributed by atoms with van der Waals surface area (Å²) < 4.78 is 52.5. The molecular formula is C32H38ClF3N6O5. The van der Waals surface area contributed by atoms with E-state index in [4.69, 9.17) is 20.9 Å². The van der Waals surface area contributed by atoms with Crippen molar-refractivity contribution in [3.8, 4) is 5.75 Å². The largest absolute Gasteiger partial charge is 0.497 e. The van der Waals surface area contributed by atoms with Gasteiger partial charge in [0.2, 0.25) is 5.89 Å². The van der Waals surface area contributed by atoms with E-state index in [0.717, 1.165) is 42.7 Å². The van der Waals surface area contributed by atoms with E-state index < -0.39 is 23.2 Å². The van der Waals surface area contributed by atoms with Crippen LogP contribution in [0.4, 0.5) is 19.0 Å². The molecule has 254 valence electrons. The Labute approximate surface area is 275 Å². The first-order chi connectivity index (χ1) is 22.3. The number of methoxy groups -OCH3 is 1. The maximum Gasteiger partial charge on any atom is 0.430 e. The van der Waals surface area contributed by atoms with E-state index in [2.05, 4.69) is 20.0 Å². The maximum atomic E-state index is 14.1. The SMILES string of the molecule is COc1cccc([C@@](O)(C(=O)N(C)CCCC2CCN(c3ccc(C(=O)N(C)Cc4noc(C5CC5)n4)c(Cl)n3)CC2)C(F)(F)F)c1. The van der Waals surface area contributed by atoms with Crippen LogP contribution in [0.2, 0.25) is 5.15 Å². The molecule has 15 heteroatoms. The monoisotopic (exact) mass is 678 g/mol. The molecule has 0 spiro atoms. The van der Waals surface area contributed by atoms with Gasteiger partial charge < -0.3 is 29.1 Å². The van der Waals surface area contributed by atoms with E-state index in [9.17, 15) is 27.9 Å². The highest BCUT2D eigenvalue weighted by Gasteiger charge is 2.61. The number of alkyl halides is 3. The van der Waals surface area contributed by atoms with Crippen molar-refractivity contribution in [2.75, 3.05) is 45.7 Å². The first-order valence-electron chi connectivity index (χ1n) is 15.5. The summed E-state index contributed by atoms with van der Waals surface area (Å²) in [6.45, 7) is 1.59. The molecule has 0 unspecified atom stereocenters. The molecule has 1 saturated heterocycles. The average Bonchev–Trinajstić information content (AvgIpc) is 3.81. The van der Waals surface area contributed by atoms with Gasteiger partial charge in [-0.25, -0.2) is 4.98 Å². The van der Waals surface area contributed by atoms with Crippen LogP contribution < -0.4 is 9.64 Å². The van der Waals surface area contributed by atoms with Crippen molar-refractivity contribution in [3.63, 3.8) is 0 Å². The van der Waals surface area contributed by atoms with E-state index in [0.29, 0.717) is 55.3 Å². The van der Waals surface area contributed by atoms with Crippen LogP contribution in [0.1, 0.15) is 72.1 Å². The number of pyridine rings is 1. The fourth-order valence-corrected chi connectivity index (χ4v) is 6.01. The van der Waals surface area contributed by atoms with Crippen LogP contribution in [-0.2, 0) is 16.9 Å². The standard InChI is InChI=1S/C32H38ClF3N6O5/c1-40(30(44)31(45,32(34,35)36)22-7-4-8-23(18-22)46-3)15-5-6-20-13-16-42(17-14-20)26-12-11-24(27(33)38-26)29(43)41(2)19-25-37-28(47-39-25)21-9-10-21/h4,7-8,11-12,18,20-21,45H,5-6,9-10,13-17,19H2,1-3H3/t31-/m1/s1. The minimum Gasteiger partial charge on any atom is -0.497 e. The quantitative estimate of drug-likeness (QED) is 0.258. The van der Waals surface area contributed by atoms with Gasteiger partial charge in [-0.15, -0.1) is 0 Å². The lowest BCUT2D eigenvalue weighted by Gasteiger charge is -2.34. The predicted molar refractivity (Wildman–Crippen MR) is 166 cm³/mol. The maximum absolute atomic E-state index is 14.1. The molecule has 1 aliphatic carbocycles. The molecule has 5 rings (SSSR count). The van der Waals surface area contributed by atoms with E-state index in [1.54, 1.807) is 19.2 Å². The number of hydrogen-bond acceptors (Lipinski definition) is 9. The Hall–Kier alpha value is -3.91. The van der Waals surface area contributed by atoms with E-state index in [1.807, 2.05) is 0 Å². The number of carbonyl (C=O) groups excluding carboxylic acids is 2. The average molecular weight is 679 g/mol. The lowest BCUT2D eigenvalue weighted by Crippen LogP contribution is -2.55. The number of halogens is 4. The Morgan fingerprint density at radius 3 is 2.45 bits per heavy atom. The summed E-state index contributed by atoms with van der Waals surface area (Å²) in [5, 5.41) is 14.8. The van der Waals surface area contributed by atoms with Gasteiger partial charge in [-0.2, -0.15) is 18.2 Å². The van der Waals surface area contributed by atoms with E-state index in [1.165, 1.54) is 31.2 Å². The molecule has 0 radical (unpaired) electrons. The Kier molecular flexibility index (Phi) is 10.3. The zero-order valence-corrected chi connectivity index (χ0v) is 27.2. The number of piperidine rings is 1. The molecule has 1 aromatic carbocycles. The van der Waals surface area contributed by atoms with Crippen LogP contribution in [0, 0.1) is 5.92 Å². The summed E-state index contributed by atoms with van der Waals surface area (Å²) in [6.07, 6.45) is -0.369. The Morgan fingerprint density at radius 1 is 1.09 bits per heavy atom. The van der Waals surface area contributed by atoms with Gasteiger partial charge in [0.15, 0.2) is 5.82 Å². The molecule has 1 atom stereocenters. The number of aliphatic hydroxyl groups is 1. The number of ether oxygens (including phenoxy) is 1. The topological polar surface area (TPSA) is 125 Å². The third kappa shape index (κ3) is 7.64. The molecule has 2 aromatic heterocycles. The molecule has 2 aliphatic rings. The lowest BCUT2D eigenvalue weighted by molar-refractivity contribution is -0.261.